The maximum Gasteiger partial charge on any atom is 0.387 e. The monoisotopic (exact) mass is 425 g/mol. The van der Waals surface area contributed by atoms with E-state index in [2.05, 4.69) is 30.4 Å². The number of ether oxygens (including phenoxy) is 1. The van der Waals surface area contributed by atoms with E-state index in [-0.39, 0.29) is 11.8 Å². The second-order valence-electron chi connectivity index (χ2n) is 6.83. The van der Waals surface area contributed by atoms with Gasteiger partial charge in [-0.3, -0.25) is 4.68 Å². The number of fused-ring (bicyclic) bond motifs is 1. The summed E-state index contributed by atoms with van der Waals surface area (Å²) in [6, 6.07) is 15.7. The van der Waals surface area contributed by atoms with Crippen LogP contribution in [0.3, 0.4) is 0 Å². The summed E-state index contributed by atoms with van der Waals surface area (Å²) in [4.78, 5) is 9.08. The third kappa shape index (κ3) is 4.86. The first-order valence-electron chi connectivity index (χ1n) is 9.55. The molecule has 2 aromatic heterocycles. The molecule has 4 rings (SSSR count). The highest BCUT2D eigenvalue weighted by Crippen LogP contribution is 2.26. The number of aromatic nitrogens is 4. The van der Waals surface area contributed by atoms with E-state index in [0.717, 1.165) is 5.56 Å². The van der Waals surface area contributed by atoms with Crippen molar-refractivity contribution in [2.45, 2.75) is 12.7 Å². The van der Waals surface area contributed by atoms with Crippen molar-refractivity contribution >= 4 is 28.5 Å². The van der Waals surface area contributed by atoms with E-state index >= 15 is 0 Å². The molecule has 0 amide bonds. The molecule has 0 unspecified atom stereocenters. The topological polar surface area (TPSA) is 103 Å². The average molecular weight is 425 g/mol. The molecule has 31 heavy (non-hydrogen) atoms. The van der Waals surface area contributed by atoms with Crippen LogP contribution < -0.4 is 21.1 Å². The Morgan fingerprint density at radius 3 is 2.52 bits per heavy atom. The highest BCUT2D eigenvalue weighted by Gasteiger charge is 2.13. The molecular weight excluding hydrogens is 404 g/mol. The van der Waals surface area contributed by atoms with Gasteiger partial charge in [0.2, 0.25) is 5.95 Å². The summed E-state index contributed by atoms with van der Waals surface area (Å²) in [5.41, 5.74) is 8.54. The van der Waals surface area contributed by atoms with Crippen molar-refractivity contribution in [1.82, 2.24) is 19.7 Å². The lowest BCUT2D eigenvalue weighted by Crippen LogP contribution is -2.21. The molecule has 0 fully saturated rings. The van der Waals surface area contributed by atoms with E-state index < -0.39 is 6.61 Å². The summed E-state index contributed by atoms with van der Waals surface area (Å²) < 4.78 is 30.7. The van der Waals surface area contributed by atoms with Crippen LogP contribution in [0.5, 0.6) is 5.75 Å². The zero-order valence-corrected chi connectivity index (χ0v) is 16.7. The van der Waals surface area contributed by atoms with Gasteiger partial charge in [-0.25, -0.2) is 0 Å². The Hall–Kier alpha value is -3.79. The first kappa shape index (κ1) is 20.5. The summed E-state index contributed by atoms with van der Waals surface area (Å²) in [7, 11) is 1.79. The fraction of sp³-hybridized carbons (Fsp3) is 0.190. The molecule has 2 aromatic carbocycles. The predicted octanol–water partition coefficient (Wildman–Crippen LogP) is 3.82. The van der Waals surface area contributed by atoms with E-state index in [4.69, 9.17) is 5.73 Å². The fourth-order valence-corrected chi connectivity index (χ4v) is 3.07. The molecule has 0 radical (unpaired) electrons. The molecule has 0 saturated heterocycles. The predicted molar refractivity (Wildman–Crippen MR) is 115 cm³/mol. The molecule has 8 nitrogen and oxygen atoms in total. The van der Waals surface area contributed by atoms with Crippen LogP contribution in [0.4, 0.5) is 26.2 Å². The zero-order chi connectivity index (χ0) is 21.8. The Morgan fingerprint density at radius 1 is 1.06 bits per heavy atom. The van der Waals surface area contributed by atoms with Crippen molar-refractivity contribution in [3.8, 4) is 5.75 Å². The van der Waals surface area contributed by atoms with Gasteiger partial charge in [-0.15, -0.1) is 0 Å². The number of rotatable bonds is 8. The number of aryl methyl sites for hydroxylation is 1. The molecule has 10 heteroatoms. The lowest BCUT2D eigenvalue weighted by atomic mass is 10.1. The van der Waals surface area contributed by atoms with Gasteiger partial charge in [0.1, 0.15) is 11.6 Å². The van der Waals surface area contributed by atoms with Gasteiger partial charge in [0.15, 0.2) is 5.65 Å². The molecule has 0 bridgehead atoms. The number of halogens is 2. The second kappa shape index (κ2) is 8.92. The molecule has 1 atom stereocenters. The Bertz CT molecular complexity index is 1150. The molecule has 0 aliphatic heterocycles. The van der Waals surface area contributed by atoms with E-state index in [1.165, 1.54) is 12.1 Å². The van der Waals surface area contributed by atoms with E-state index in [1.54, 1.807) is 30.1 Å². The zero-order valence-electron chi connectivity index (χ0n) is 16.7. The van der Waals surface area contributed by atoms with Crippen LogP contribution in [0.2, 0.25) is 0 Å². The number of nitrogens with one attached hydrogen (secondary N) is 2. The van der Waals surface area contributed by atoms with Gasteiger partial charge in [0, 0.05) is 25.3 Å². The number of anilines is 3. The lowest BCUT2D eigenvalue weighted by molar-refractivity contribution is -0.0498. The number of hydrogen-bond donors (Lipinski definition) is 3. The SMILES string of the molecule is Cn1ncc2c(Nc3ccc(OC(F)F)cc3)nc(NC[C@H](N)c3ccccc3)nc21. The van der Waals surface area contributed by atoms with E-state index in [0.29, 0.717) is 35.0 Å². The van der Waals surface area contributed by atoms with Crippen LogP contribution in [-0.2, 0) is 7.05 Å². The van der Waals surface area contributed by atoms with Crippen molar-refractivity contribution in [2.75, 3.05) is 17.2 Å². The summed E-state index contributed by atoms with van der Waals surface area (Å²) in [6.07, 6.45) is 1.66. The van der Waals surface area contributed by atoms with Crippen molar-refractivity contribution in [2.24, 2.45) is 12.8 Å². The van der Waals surface area contributed by atoms with Crippen LogP contribution in [0, 0.1) is 0 Å². The number of alkyl halides is 2. The third-order valence-corrected chi connectivity index (χ3v) is 4.64. The molecule has 160 valence electrons. The van der Waals surface area contributed by atoms with Crippen molar-refractivity contribution in [1.29, 1.82) is 0 Å². The fourth-order valence-electron chi connectivity index (χ4n) is 3.07. The van der Waals surface area contributed by atoms with Gasteiger partial charge in [-0.1, -0.05) is 30.3 Å². The van der Waals surface area contributed by atoms with Crippen LogP contribution in [0.1, 0.15) is 11.6 Å². The van der Waals surface area contributed by atoms with Gasteiger partial charge in [-0.05, 0) is 29.8 Å². The molecule has 0 saturated carbocycles. The van der Waals surface area contributed by atoms with E-state index in [9.17, 15) is 8.78 Å². The van der Waals surface area contributed by atoms with E-state index in [1.807, 2.05) is 30.3 Å². The number of benzene rings is 2. The number of hydrogen-bond acceptors (Lipinski definition) is 7. The Kier molecular flexibility index (Phi) is 5.89. The standard InChI is InChI=1S/C21H21F2N7O/c1-30-19-16(11-26-30)18(27-14-7-9-15(10-8-14)31-20(22)23)28-21(29-19)25-12-17(24)13-5-3-2-4-6-13/h2-11,17,20H,12,24H2,1H3,(H2,25,27,28,29)/t17-/m0/s1. The molecule has 4 N–H and O–H groups in total. The maximum atomic E-state index is 12.3. The minimum absolute atomic E-state index is 0.0759. The first-order chi connectivity index (χ1) is 15.0. The van der Waals surface area contributed by atoms with Gasteiger partial charge < -0.3 is 21.1 Å². The van der Waals surface area contributed by atoms with Crippen molar-refractivity contribution in [3.63, 3.8) is 0 Å². The minimum atomic E-state index is -2.87. The molecular formula is C21H21F2N7O. The normalized spacial score (nSPS) is 12.2. The summed E-state index contributed by atoms with van der Waals surface area (Å²) in [5.74, 6) is 0.992. The van der Waals surface area contributed by atoms with Crippen molar-refractivity contribution in [3.05, 3.63) is 66.4 Å². The highest BCUT2D eigenvalue weighted by molar-refractivity contribution is 5.89. The van der Waals surface area contributed by atoms with Crippen LogP contribution in [-0.4, -0.2) is 32.9 Å². The van der Waals surface area contributed by atoms with Gasteiger partial charge in [0.05, 0.1) is 11.6 Å². The first-order valence-corrected chi connectivity index (χ1v) is 9.55. The van der Waals surface area contributed by atoms with Gasteiger partial charge in [0.25, 0.3) is 0 Å². The summed E-state index contributed by atoms with van der Waals surface area (Å²) in [5, 5.41) is 11.3. The Labute approximate surface area is 177 Å². The Balaban J connectivity index is 1.55. The van der Waals surface area contributed by atoms with Crippen LogP contribution in [0.15, 0.2) is 60.8 Å². The molecule has 2 heterocycles. The Morgan fingerprint density at radius 2 is 1.81 bits per heavy atom. The number of nitrogens with two attached hydrogens (primary N) is 1. The highest BCUT2D eigenvalue weighted by atomic mass is 19.3. The summed E-state index contributed by atoms with van der Waals surface area (Å²) >= 11 is 0. The van der Waals surface area contributed by atoms with Crippen molar-refractivity contribution < 1.29 is 13.5 Å². The third-order valence-electron chi connectivity index (χ3n) is 4.64. The van der Waals surface area contributed by atoms with Gasteiger partial charge >= 0.3 is 6.61 Å². The number of nitrogens with zero attached hydrogens (tertiary/aromatic N) is 4. The molecule has 0 aliphatic carbocycles. The van der Waals surface area contributed by atoms with Gasteiger partial charge in [-0.2, -0.15) is 23.8 Å². The summed E-state index contributed by atoms with van der Waals surface area (Å²) in [6.45, 7) is -2.43. The molecule has 0 aliphatic rings. The molecule has 4 aromatic rings. The lowest BCUT2D eigenvalue weighted by Gasteiger charge is -2.14. The largest absolute Gasteiger partial charge is 0.435 e. The smallest absolute Gasteiger partial charge is 0.387 e. The minimum Gasteiger partial charge on any atom is -0.435 e. The van der Waals surface area contributed by atoms with Crippen LogP contribution >= 0.6 is 0 Å². The molecule has 0 spiro atoms. The quantitative estimate of drug-likeness (QED) is 0.394. The maximum absolute atomic E-state index is 12.3. The average Bonchev–Trinajstić information content (AvgIpc) is 3.15. The second-order valence-corrected chi connectivity index (χ2v) is 6.83. The van der Waals surface area contributed by atoms with Crippen LogP contribution in [0.25, 0.3) is 11.0 Å².